The molecule has 1 aromatic heterocycles. The van der Waals surface area contributed by atoms with Crippen molar-refractivity contribution in [3.05, 3.63) is 40.8 Å². The molecule has 0 fully saturated rings. The van der Waals surface area contributed by atoms with Gasteiger partial charge in [-0.05, 0) is 41.6 Å². The van der Waals surface area contributed by atoms with Crippen LogP contribution < -0.4 is 0 Å². The van der Waals surface area contributed by atoms with Crippen molar-refractivity contribution in [2.75, 3.05) is 0 Å². The maximum Gasteiger partial charge on any atom is 0.153 e. The Bertz CT molecular complexity index is 487. The third-order valence-electron chi connectivity index (χ3n) is 2.26. The number of thiophene rings is 1. The quantitative estimate of drug-likeness (QED) is 0.786. The number of benzene rings is 1. The van der Waals surface area contributed by atoms with Crippen LogP contribution in [0.5, 0.6) is 5.75 Å². The maximum absolute atomic E-state index is 10.7. The van der Waals surface area contributed by atoms with Gasteiger partial charge in [-0.2, -0.15) is 0 Å². The van der Waals surface area contributed by atoms with Crippen LogP contribution in [0.2, 0.25) is 0 Å². The largest absolute Gasteiger partial charge is 0.507 e. The molecule has 0 aliphatic heterocycles. The van der Waals surface area contributed by atoms with Gasteiger partial charge in [0.1, 0.15) is 5.75 Å². The second-order valence-corrected chi connectivity index (χ2v) is 4.27. The fourth-order valence-electron chi connectivity index (χ4n) is 1.48. The van der Waals surface area contributed by atoms with Crippen LogP contribution in [-0.2, 0) is 0 Å². The molecule has 0 saturated heterocycles. The van der Waals surface area contributed by atoms with Crippen molar-refractivity contribution in [2.45, 2.75) is 6.92 Å². The molecule has 1 N–H and O–H groups in total. The lowest BCUT2D eigenvalue weighted by Gasteiger charge is -2.05. The van der Waals surface area contributed by atoms with Crippen molar-refractivity contribution < 1.29 is 9.90 Å². The average Bonchev–Trinajstić information content (AvgIpc) is 2.75. The van der Waals surface area contributed by atoms with Gasteiger partial charge in [0, 0.05) is 4.88 Å². The summed E-state index contributed by atoms with van der Waals surface area (Å²) in [7, 11) is 0. The van der Waals surface area contributed by atoms with E-state index in [-0.39, 0.29) is 5.75 Å². The smallest absolute Gasteiger partial charge is 0.153 e. The van der Waals surface area contributed by atoms with Crippen LogP contribution >= 0.6 is 11.3 Å². The molecule has 0 radical (unpaired) electrons. The number of phenols is 1. The standard InChI is InChI=1S/C12H10O2S/c1-8-5-9(11-3-2-4-15-11)6-10(7-13)12(8)14/h2-7,14H,1H3. The van der Waals surface area contributed by atoms with Crippen LogP contribution in [0.4, 0.5) is 0 Å². The second-order valence-electron chi connectivity index (χ2n) is 3.33. The summed E-state index contributed by atoms with van der Waals surface area (Å²) >= 11 is 1.61. The number of rotatable bonds is 2. The van der Waals surface area contributed by atoms with E-state index in [4.69, 9.17) is 0 Å². The highest BCUT2D eigenvalue weighted by Gasteiger charge is 2.07. The summed E-state index contributed by atoms with van der Waals surface area (Å²) in [5, 5.41) is 11.6. The first kappa shape index (κ1) is 9.93. The first-order chi connectivity index (χ1) is 7.22. The van der Waals surface area contributed by atoms with Crippen molar-refractivity contribution in [1.29, 1.82) is 0 Å². The average molecular weight is 218 g/mol. The zero-order valence-electron chi connectivity index (χ0n) is 8.23. The molecular formula is C12H10O2S. The molecule has 1 heterocycles. The third kappa shape index (κ3) is 1.78. The zero-order valence-corrected chi connectivity index (χ0v) is 9.04. The second kappa shape index (κ2) is 3.87. The predicted octanol–water partition coefficient (Wildman–Crippen LogP) is 3.24. The summed E-state index contributed by atoms with van der Waals surface area (Å²) in [6.07, 6.45) is 0.680. The van der Waals surface area contributed by atoms with Gasteiger partial charge in [-0.15, -0.1) is 11.3 Å². The number of phenolic OH excluding ortho intramolecular Hbond substituents is 1. The molecule has 2 rings (SSSR count). The SMILES string of the molecule is Cc1cc(-c2cccs2)cc(C=O)c1O. The summed E-state index contributed by atoms with van der Waals surface area (Å²) in [6, 6.07) is 7.54. The van der Waals surface area contributed by atoms with Crippen LogP contribution in [-0.4, -0.2) is 11.4 Å². The number of hydrogen-bond donors (Lipinski definition) is 1. The maximum atomic E-state index is 10.7. The van der Waals surface area contributed by atoms with Gasteiger partial charge in [-0.1, -0.05) is 6.07 Å². The van der Waals surface area contributed by atoms with Crippen LogP contribution in [0.3, 0.4) is 0 Å². The lowest BCUT2D eigenvalue weighted by Crippen LogP contribution is -1.86. The molecule has 0 unspecified atom stereocenters. The van der Waals surface area contributed by atoms with Crippen molar-refractivity contribution in [3.63, 3.8) is 0 Å². The first-order valence-electron chi connectivity index (χ1n) is 4.55. The number of aldehydes is 1. The molecule has 0 bridgehead atoms. The summed E-state index contributed by atoms with van der Waals surface area (Å²) < 4.78 is 0. The molecular weight excluding hydrogens is 208 g/mol. The normalized spacial score (nSPS) is 10.2. The Labute approximate surface area is 91.8 Å². The highest BCUT2D eigenvalue weighted by atomic mass is 32.1. The monoisotopic (exact) mass is 218 g/mol. The minimum absolute atomic E-state index is 0.0744. The van der Waals surface area contributed by atoms with Crippen LogP contribution in [0.25, 0.3) is 10.4 Å². The fraction of sp³-hybridized carbons (Fsp3) is 0.0833. The molecule has 0 aliphatic carbocycles. The van der Waals surface area contributed by atoms with Gasteiger partial charge in [0.2, 0.25) is 0 Å². The molecule has 2 aromatic rings. The minimum atomic E-state index is 0.0744. The predicted molar refractivity (Wildman–Crippen MR) is 61.5 cm³/mol. The lowest BCUT2D eigenvalue weighted by atomic mass is 10.0. The van der Waals surface area contributed by atoms with Crippen molar-refractivity contribution in [1.82, 2.24) is 0 Å². The van der Waals surface area contributed by atoms with Gasteiger partial charge >= 0.3 is 0 Å². The number of aromatic hydroxyl groups is 1. The minimum Gasteiger partial charge on any atom is -0.507 e. The van der Waals surface area contributed by atoms with Gasteiger partial charge in [0.05, 0.1) is 5.56 Å². The number of carbonyl (C=O) groups excluding carboxylic acids is 1. The molecule has 15 heavy (non-hydrogen) atoms. The van der Waals surface area contributed by atoms with E-state index < -0.39 is 0 Å². The van der Waals surface area contributed by atoms with Gasteiger partial charge in [0.15, 0.2) is 6.29 Å². The summed E-state index contributed by atoms with van der Waals surface area (Å²) in [4.78, 5) is 11.8. The van der Waals surface area contributed by atoms with Crippen molar-refractivity contribution in [2.24, 2.45) is 0 Å². The number of carbonyl (C=O) groups is 1. The Morgan fingerprint density at radius 2 is 2.20 bits per heavy atom. The van der Waals surface area contributed by atoms with Crippen molar-refractivity contribution >= 4 is 17.6 Å². The lowest BCUT2D eigenvalue weighted by molar-refractivity contribution is 0.112. The van der Waals surface area contributed by atoms with Crippen LogP contribution in [0.1, 0.15) is 15.9 Å². The van der Waals surface area contributed by atoms with Crippen LogP contribution in [0, 0.1) is 6.92 Å². The molecule has 3 heteroatoms. The van der Waals surface area contributed by atoms with Gasteiger partial charge in [-0.25, -0.2) is 0 Å². The topological polar surface area (TPSA) is 37.3 Å². The molecule has 2 nitrogen and oxygen atoms in total. The summed E-state index contributed by atoms with van der Waals surface area (Å²) in [6.45, 7) is 1.79. The molecule has 76 valence electrons. The zero-order chi connectivity index (χ0) is 10.8. The molecule has 0 saturated carbocycles. The van der Waals surface area contributed by atoms with Crippen LogP contribution in [0.15, 0.2) is 29.6 Å². The highest BCUT2D eigenvalue weighted by molar-refractivity contribution is 7.13. The summed E-state index contributed by atoms with van der Waals surface area (Å²) in [5.74, 6) is 0.0744. The Morgan fingerprint density at radius 3 is 2.80 bits per heavy atom. The molecule has 1 aromatic carbocycles. The van der Waals surface area contributed by atoms with E-state index in [0.29, 0.717) is 11.8 Å². The molecule has 0 amide bonds. The summed E-state index contributed by atoms with van der Waals surface area (Å²) in [5.41, 5.74) is 2.05. The Kier molecular flexibility index (Phi) is 2.56. The van der Waals surface area contributed by atoms with E-state index in [9.17, 15) is 9.90 Å². The number of aryl methyl sites for hydroxylation is 1. The van der Waals surface area contributed by atoms with E-state index in [0.717, 1.165) is 16.0 Å². The van der Waals surface area contributed by atoms with Gasteiger partial charge < -0.3 is 5.11 Å². The van der Waals surface area contributed by atoms with Crippen molar-refractivity contribution in [3.8, 4) is 16.2 Å². The molecule has 0 aliphatic rings. The Hall–Kier alpha value is -1.61. The van der Waals surface area contributed by atoms with E-state index in [1.54, 1.807) is 24.3 Å². The Morgan fingerprint density at radius 1 is 1.40 bits per heavy atom. The number of hydrogen-bond acceptors (Lipinski definition) is 3. The highest BCUT2D eigenvalue weighted by Crippen LogP contribution is 2.31. The van der Waals surface area contributed by atoms with E-state index in [1.165, 1.54) is 0 Å². The third-order valence-corrected chi connectivity index (χ3v) is 3.18. The van der Waals surface area contributed by atoms with E-state index in [1.807, 2.05) is 23.6 Å². The fourth-order valence-corrected chi connectivity index (χ4v) is 2.20. The molecule has 0 spiro atoms. The van der Waals surface area contributed by atoms with Gasteiger partial charge in [-0.3, -0.25) is 4.79 Å². The van der Waals surface area contributed by atoms with E-state index in [2.05, 4.69) is 0 Å². The Balaban J connectivity index is 2.60. The first-order valence-corrected chi connectivity index (χ1v) is 5.43. The van der Waals surface area contributed by atoms with Gasteiger partial charge in [0.25, 0.3) is 0 Å². The molecule has 0 atom stereocenters. The van der Waals surface area contributed by atoms with E-state index >= 15 is 0 Å².